The number of carbonyl (C=O) groups is 1. The van der Waals surface area contributed by atoms with Crippen LogP contribution >= 0.6 is 0 Å². The van der Waals surface area contributed by atoms with E-state index in [4.69, 9.17) is 4.74 Å². The summed E-state index contributed by atoms with van der Waals surface area (Å²) in [6.07, 6.45) is 1.94. The molecule has 0 radical (unpaired) electrons. The number of nitrogens with one attached hydrogen (secondary N) is 1. The number of hydrogen-bond acceptors (Lipinski definition) is 3. The van der Waals surface area contributed by atoms with E-state index < -0.39 is 11.6 Å². The lowest BCUT2D eigenvalue weighted by Crippen LogP contribution is -2.33. The number of nitrogens with zero attached hydrogens (tertiary/aromatic N) is 1. The molecule has 25 heavy (non-hydrogen) atoms. The summed E-state index contributed by atoms with van der Waals surface area (Å²) < 4.78 is 31.9. The molecule has 1 N–H and O–H groups in total. The zero-order chi connectivity index (χ0) is 17.8. The van der Waals surface area contributed by atoms with Crippen LogP contribution in [0.5, 0.6) is 5.75 Å². The van der Waals surface area contributed by atoms with E-state index in [1.54, 1.807) is 7.11 Å². The number of benzene rings is 2. The molecular formula is C19H20F2N2O2. The first-order chi connectivity index (χ1) is 12.1. The first-order valence-corrected chi connectivity index (χ1v) is 8.19. The van der Waals surface area contributed by atoms with Gasteiger partial charge in [0.1, 0.15) is 17.4 Å². The van der Waals surface area contributed by atoms with Gasteiger partial charge in [0.15, 0.2) is 0 Å². The lowest BCUT2D eigenvalue weighted by molar-refractivity contribution is -0.117. The molecule has 1 fully saturated rings. The Morgan fingerprint density at radius 3 is 2.88 bits per heavy atom. The van der Waals surface area contributed by atoms with Crippen LogP contribution in [-0.4, -0.2) is 31.0 Å². The van der Waals surface area contributed by atoms with Crippen LogP contribution in [0, 0.1) is 11.6 Å². The Bertz CT molecular complexity index is 767. The zero-order valence-electron chi connectivity index (χ0n) is 14.0. The van der Waals surface area contributed by atoms with Gasteiger partial charge in [-0.15, -0.1) is 0 Å². The normalized spacial score (nSPS) is 17.5. The number of ether oxygens (including phenoxy) is 1. The fraction of sp³-hybridized carbons (Fsp3) is 0.316. The molecule has 1 aliphatic heterocycles. The number of methoxy groups -OCH3 is 1. The molecule has 1 heterocycles. The first kappa shape index (κ1) is 17.4. The van der Waals surface area contributed by atoms with Gasteiger partial charge in [0.25, 0.3) is 0 Å². The van der Waals surface area contributed by atoms with Crippen LogP contribution in [0.25, 0.3) is 0 Å². The van der Waals surface area contributed by atoms with Crippen molar-refractivity contribution in [1.82, 2.24) is 4.90 Å². The van der Waals surface area contributed by atoms with E-state index in [1.165, 1.54) is 6.07 Å². The summed E-state index contributed by atoms with van der Waals surface area (Å²) in [7, 11) is 1.62. The van der Waals surface area contributed by atoms with Crippen molar-refractivity contribution in [2.24, 2.45) is 0 Å². The third-order valence-electron chi connectivity index (χ3n) is 4.39. The Morgan fingerprint density at radius 1 is 1.28 bits per heavy atom. The van der Waals surface area contributed by atoms with Crippen LogP contribution < -0.4 is 10.1 Å². The summed E-state index contributed by atoms with van der Waals surface area (Å²) in [5, 5.41) is 2.51. The van der Waals surface area contributed by atoms with Gasteiger partial charge in [0.2, 0.25) is 5.91 Å². The molecule has 1 atom stereocenters. The van der Waals surface area contributed by atoms with Crippen molar-refractivity contribution in [1.29, 1.82) is 0 Å². The van der Waals surface area contributed by atoms with Crippen molar-refractivity contribution in [3.63, 3.8) is 0 Å². The molecule has 1 amide bonds. The highest BCUT2D eigenvalue weighted by Crippen LogP contribution is 2.33. The molecular weight excluding hydrogens is 326 g/mol. The smallest absolute Gasteiger partial charge is 0.238 e. The third-order valence-corrected chi connectivity index (χ3v) is 4.39. The number of hydrogen-bond donors (Lipinski definition) is 1. The maximum Gasteiger partial charge on any atom is 0.238 e. The average molecular weight is 346 g/mol. The number of halogens is 2. The Morgan fingerprint density at radius 2 is 2.12 bits per heavy atom. The third kappa shape index (κ3) is 4.14. The molecule has 0 aromatic heterocycles. The fourth-order valence-electron chi connectivity index (χ4n) is 3.21. The number of carbonyl (C=O) groups excluding carboxylic acids is 1. The van der Waals surface area contributed by atoms with Crippen LogP contribution in [0.1, 0.15) is 24.4 Å². The van der Waals surface area contributed by atoms with E-state index in [-0.39, 0.29) is 24.2 Å². The van der Waals surface area contributed by atoms with Crippen LogP contribution in [-0.2, 0) is 4.79 Å². The SMILES string of the molecule is COc1cccc(C2CCCN2CC(=O)Nc2ccc(F)cc2F)c1. The van der Waals surface area contributed by atoms with Crippen LogP contribution in [0.3, 0.4) is 0 Å². The Balaban J connectivity index is 1.67. The highest BCUT2D eigenvalue weighted by Gasteiger charge is 2.28. The fourth-order valence-corrected chi connectivity index (χ4v) is 3.21. The molecule has 1 saturated heterocycles. The summed E-state index contributed by atoms with van der Waals surface area (Å²) in [6, 6.07) is 11.0. The van der Waals surface area contributed by atoms with E-state index in [1.807, 2.05) is 24.3 Å². The largest absolute Gasteiger partial charge is 0.497 e. The van der Waals surface area contributed by atoms with Crippen molar-refractivity contribution in [3.8, 4) is 5.75 Å². The molecule has 1 unspecified atom stereocenters. The van der Waals surface area contributed by atoms with Gasteiger partial charge in [-0.2, -0.15) is 0 Å². The average Bonchev–Trinajstić information content (AvgIpc) is 3.05. The lowest BCUT2D eigenvalue weighted by Gasteiger charge is -2.24. The molecule has 3 rings (SSSR count). The van der Waals surface area contributed by atoms with Gasteiger partial charge in [-0.05, 0) is 49.2 Å². The molecule has 6 heteroatoms. The second-order valence-corrected chi connectivity index (χ2v) is 6.08. The van der Waals surface area contributed by atoms with Crippen LogP contribution in [0.15, 0.2) is 42.5 Å². The van der Waals surface area contributed by atoms with E-state index in [2.05, 4.69) is 10.2 Å². The van der Waals surface area contributed by atoms with Gasteiger partial charge in [0, 0.05) is 12.1 Å². The zero-order valence-corrected chi connectivity index (χ0v) is 14.0. The Kier molecular flexibility index (Phi) is 5.28. The standard InChI is InChI=1S/C19H20F2N2O2/c1-25-15-5-2-4-13(10-15)18-6-3-9-23(18)12-19(24)22-17-8-7-14(20)11-16(17)21/h2,4-5,7-8,10-11,18H,3,6,9,12H2,1H3,(H,22,24). The Labute approximate surface area is 145 Å². The molecule has 1 aliphatic rings. The van der Waals surface area contributed by atoms with Gasteiger partial charge < -0.3 is 10.1 Å². The second-order valence-electron chi connectivity index (χ2n) is 6.08. The minimum Gasteiger partial charge on any atom is -0.497 e. The predicted octanol–water partition coefficient (Wildman–Crippen LogP) is 3.75. The predicted molar refractivity (Wildman–Crippen MR) is 91.5 cm³/mol. The molecule has 2 aromatic rings. The summed E-state index contributed by atoms with van der Waals surface area (Å²) in [5.74, 6) is -0.991. The number of amides is 1. The molecule has 0 aliphatic carbocycles. The van der Waals surface area contributed by atoms with E-state index in [9.17, 15) is 13.6 Å². The van der Waals surface area contributed by atoms with Gasteiger partial charge in [0.05, 0.1) is 19.3 Å². The second kappa shape index (κ2) is 7.61. The molecule has 132 valence electrons. The van der Waals surface area contributed by atoms with Gasteiger partial charge in [-0.25, -0.2) is 8.78 Å². The number of likely N-dealkylation sites (tertiary alicyclic amines) is 1. The Hall–Kier alpha value is -2.47. The van der Waals surface area contributed by atoms with E-state index in [0.29, 0.717) is 0 Å². The summed E-state index contributed by atoms with van der Waals surface area (Å²) in [4.78, 5) is 14.3. The van der Waals surface area contributed by atoms with Crippen LogP contribution in [0.4, 0.5) is 14.5 Å². The minimum absolute atomic E-state index is 0.0106. The highest BCUT2D eigenvalue weighted by molar-refractivity contribution is 5.92. The topological polar surface area (TPSA) is 41.6 Å². The lowest BCUT2D eigenvalue weighted by atomic mass is 10.0. The summed E-state index contributed by atoms with van der Waals surface area (Å²) >= 11 is 0. The van der Waals surface area contributed by atoms with Crippen molar-refractivity contribution < 1.29 is 18.3 Å². The highest BCUT2D eigenvalue weighted by atomic mass is 19.1. The minimum atomic E-state index is -0.779. The van der Waals surface area contributed by atoms with E-state index in [0.717, 1.165) is 42.8 Å². The van der Waals surface area contributed by atoms with Crippen molar-refractivity contribution in [2.75, 3.05) is 25.5 Å². The van der Waals surface area contributed by atoms with Crippen molar-refractivity contribution in [3.05, 3.63) is 59.7 Å². The summed E-state index contributed by atoms with van der Waals surface area (Å²) in [6.45, 7) is 0.944. The van der Waals surface area contributed by atoms with Gasteiger partial charge in [-0.3, -0.25) is 9.69 Å². The van der Waals surface area contributed by atoms with Crippen LogP contribution in [0.2, 0.25) is 0 Å². The van der Waals surface area contributed by atoms with Crippen molar-refractivity contribution >= 4 is 11.6 Å². The summed E-state index contributed by atoms with van der Waals surface area (Å²) in [5.41, 5.74) is 1.08. The van der Waals surface area contributed by atoms with E-state index >= 15 is 0 Å². The first-order valence-electron chi connectivity index (χ1n) is 8.19. The maximum absolute atomic E-state index is 13.7. The quantitative estimate of drug-likeness (QED) is 0.896. The van der Waals surface area contributed by atoms with Gasteiger partial charge in [-0.1, -0.05) is 12.1 Å². The molecule has 0 saturated carbocycles. The maximum atomic E-state index is 13.7. The number of rotatable bonds is 5. The molecule has 2 aromatic carbocycles. The molecule has 0 bridgehead atoms. The molecule has 4 nitrogen and oxygen atoms in total. The molecule has 0 spiro atoms. The van der Waals surface area contributed by atoms with Crippen molar-refractivity contribution in [2.45, 2.75) is 18.9 Å². The number of anilines is 1. The monoisotopic (exact) mass is 346 g/mol. The van der Waals surface area contributed by atoms with Gasteiger partial charge >= 0.3 is 0 Å².